The average Bonchev–Trinajstić information content (AvgIpc) is 3.07. The van der Waals surface area contributed by atoms with Crippen molar-refractivity contribution in [2.24, 2.45) is 23.2 Å². The first-order chi connectivity index (χ1) is 13.1. The largest absolute Gasteiger partial charge is 0.352 e. The van der Waals surface area contributed by atoms with Gasteiger partial charge in [0.2, 0.25) is 5.91 Å². The van der Waals surface area contributed by atoms with Gasteiger partial charge in [0.15, 0.2) is 0 Å². The van der Waals surface area contributed by atoms with Crippen LogP contribution in [0.1, 0.15) is 50.5 Å². The minimum Gasteiger partial charge on any atom is -0.352 e. The van der Waals surface area contributed by atoms with Crippen LogP contribution in [0, 0.1) is 23.2 Å². The van der Waals surface area contributed by atoms with E-state index in [2.05, 4.69) is 50.4 Å². The fourth-order valence-electron chi connectivity index (χ4n) is 6.82. The molecule has 27 heavy (non-hydrogen) atoms. The summed E-state index contributed by atoms with van der Waals surface area (Å²) < 4.78 is 1.14. The van der Waals surface area contributed by atoms with Crippen LogP contribution in [0.3, 0.4) is 0 Å². The summed E-state index contributed by atoms with van der Waals surface area (Å²) in [5, 5.41) is 3.48. The number of halogens is 1. The lowest BCUT2D eigenvalue weighted by Crippen LogP contribution is -2.55. The van der Waals surface area contributed by atoms with Crippen molar-refractivity contribution in [2.45, 2.75) is 57.4 Å². The van der Waals surface area contributed by atoms with Crippen molar-refractivity contribution < 1.29 is 4.79 Å². The van der Waals surface area contributed by atoms with E-state index in [4.69, 9.17) is 0 Å². The van der Waals surface area contributed by atoms with Gasteiger partial charge in [-0.05, 0) is 86.8 Å². The summed E-state index contributed by atoms with van der Waals surface area (Å²) in [6, 6.07) is 9.00. The molecular weight excluding hydrogens is 400 g/mol. The molecule has 1 N–H and O–H groups in total. The lowest BCUT2D eigenvalue weighted by molar-refractivity contribution is -0.146. The van der Waals surface area contributed by atoms with E-state index >= 15 is 0 Å². The summed E-state index contributed by atoms with van der Waals surface area (Å²) in [5.41, 5.74) is 1.39. The normalized spacial score (nSPS) is 37.7. The maximum absolute atomic E-state index is 13.2. The standard InChI is InChI=1S/C23H31BrN2O/c24-20-3-1-16(2-4-20)5-7-26-8-6-21(15-26)25-22(27)23-12-17-9-18(13-23)11-19(10-17)14-23/h1-4,17-19,21H,5-15H2,(H,25,27). The van der Waals surface area contributed by atoms with E-state index in [1.54, 1.807) is 0 Å². The second kappa shape index (κ2) is 7.18. The van der Waals surface area contributed by atoms with Crippen LogP contribution in [0.5, 0.6) is 0 Å². The molecule has 1 aliphatic heterocycles. The summed E-state index contributed by atoms with van der Waals surface area (Å²) in [6.45, 7) is 3.22. The monoisotopic (exact) mass is 430 g/mol. The molecule has 1 amide bonds. The summed E-state index contributed by atoms with van der Waals surface area (Å²) in [6.07, 6.45) is 9.92. The predicted molar refractivity (Wildman–Crippen MR) is 111 cm³/mol. The van der Waals surface area contributed by atoms with E-state index < -0.39 is 0 Å². The summed E-state index contributed by atoms with van der Waals surface area (Å²) in [4.78, 5) is 15.8. The first-order valence-electron chi connectivity index (χ1n) is 10.9. The van der Waals surface area contributed by atoms with Crippen LogP contribution < -0.4 is 5.32 Å². The molecule has 1 saturated heterocycles. The van der Waals surface area contributed by atoms with Gasteiger partial charge in [0.1, 0.15) is 0 Å². The van der Waals surface area contributed by atoms with Crippen LogP contribution in [-0.4, -0.2) is 36.5 Å². The number of carbonyl (C=O) groups is 1. The van der Waals surface area contributed by atoms with Crippen LogP contribution in [0.15, 0.2) is 28.7 Å². The Bertz CT molecular complexity index is 666. The Hall–Kier alpha value is -0.870. The van der Waals surface area contributed by atoms with E-state index in [-0.39, 0.29) is 5.41 Å². The van der Waals surface area contributed by atoms with Gasteiger partial charge in [-0.3, -0.25) is 4.79 Å². The van der Waals surface area contributed by atoms with Gasteiger partial charge in [0.25, 0.3) is 0 Å². The Morgan fingerprint density at radius 2 is 1.70 bits per heavy atom. The number of benzene rings is 1. The van der Waals surface area contributed by atoms with Gasteiger partial charge in [-0.25, -0.2) is 0 Å². The zero-order valence-corrected chi connectivity index (χ0v) is 17.7. The van der Waals surface area contributed by atoms with Gasteiger partial charge in [-0.15, -0.1) is 0 Å². The van der Waals surface area contributed by atoms with Crippen molar-refractivity contribution in [2.75, 3.05) is 19.6 Å². The first-order valence-corrected chi connectivity index (χ1v) is 11.6. The predicted octanol–water partition coefficient (Wildman–Crippen LogP) is 4.40. The third-order valence-corrected chi connectivity index (χ3v) is 8.29. The Balaban J connectivity index is 1.13. The zero-order chi connectivity index (χ0) is 18.4. The van der Waals surface area contributed by atoms with Crippen LogP contribution in [0.4, 0.5) is 0 Å². The molecule has 4 aliphatic carbocycles. The Morgan fingerprint density at radius 3 is 2.33 bits per heavy atom. The molecule has 6 rings (SSSR count). The van der Waals surface area contributed by atoms with Gasteiger partial charge in [-0.2, -0.15) is 0 Å². The van der Waals surface area contributed by atoms with Crippen LogP contribution in [-0.2, 0) is 11.2 Å². The van der Waals surface area contributed by atoms with Crippen LogP contribution in [0.2, 0.25) is 0 Å². The van der Waals surface area contributed by atoms with Crippen LogP contribution >= 0.6 is 15.9 Å². The molecule has 4 heteroatoms. The highest BCUT2D eigenvalue weighted by Crippen LogP contribution is 2.60. The fraction of sp³-hybridized carbons (Fsp3) is 0.696. The highest BCUT2D eigenvalue weighted by atomic mass is 79.9. The van der Waals surface area contributed by atoms with Gasteiger partial charge in [-0.1, -0.05) is 28.1 Å². The van der Waals surface area contributed by atoms with Gasteiger partial charge in [0, 0.05) is 35.6 Å². The highest BCUT2D eigenvalue weighted by Gasteiger charge is 2.54. The second-order valence-corrected chi connectivity index (χ2v) is 10.7. The number of hydrogen-bond donors (Lipinski definition) is 1. The van der Waals surface area contributed by atoms with Crippen molar-refractivity contribution in [3.8, 4) is 0 Å². The average molecular weight is 431 g/mol. The van der Waals surface area contributed by atoms with Crippen molar-refractivity contribution in [3.05, 3.63) is 34.3 Å². The minimum absolute atomic E-state index is 0.000402. The van der Waals surface area contributed by atoms with Gasteiger partial charge >= 0.3 is 0 Å². The van der Waals surface area contributed by atoms with Crippen molar-refractivity contribution in [1.29, 1.82) is 0 Å². The smallest absolute Gasteiger partial charge is 0.226 e. The molecule has 4 bridgehead atoms. The van der Waals surface area contributed by atoms with E-state index in [9.17, 15) is 4.79 Å². The van der Waals surface area contributed by atoms with E-state index in [0.29, 0.717) is 11.9 Å². The van der Waals surface area contributed by atoms with Gasteiger partial charge in [0.05, 0.1) is 0 Å². The second-order valence-electron chi connectivity index (χ2n) is 9.83. The van der Waals surface area contributed by atoms with Crippen molar-refractivity contribution in [3.63, 3.8) is 0 Å². The third-order valence-electron chi connectivity index (χ3n) is 7.76. The molecule has 0 aromatic heterocycles. The number of amides is 1. The highest BCUT2D eigenvalue weighted by molar-refractivity contribution is 9.10. The van der Waals surface area contributed by atoms with Crippen molar-refractivity contribution >= 4 is 21.8 Å². The maximum atomic E-state index is 13.2. The number of rotatable bonds is 5. The molecule has 1 unspecified atom stereocenters. The number of carbonyl (C=O) groups excluding carboxylic acids is 1. The molecule has 4 saturated carbocycles. The van der Waals surface area contributed by atoms with Crippen molar-refractivity contribution in [1.82, 2.24) is 10.2 Å². The molecule has 5 aliphatic rings. The zero-order valence-electron chi connectivity index (χ0n) is 16.1. The molecule has 146 valence electrons. The fourth-order valence-corrected chi connectivity index (χ4v) is 7.08. The number of nitrogens with one attached hydrogen (secondary N) is 1. The maximum Gasteiger partial charge on any atom is 0.226 e. The molecule has 5 fully saturated rings. The molecule has 1 aromatic carbocycles. The van der Waals surface area contributed by atoms with E-state index in [1.165, 1.54) is 44.1 Å². The van der Waals surface area contributed by atoms with E-state index in [1.807, 2.05) is 0 Å². The molecule has 3 nitrogen and oxygen atoms in total. The quantitative estimate of drug-likeness (QED) is 0.750. The Kier molecular flexibility index (Phi) is 4.84. The molecule has 0 spiro atoms. The molecule has 1 atom stereocenters. The first kappa shape index (κ1) is 18.2. The molecule has 0 radical (unpaired) electrons. The summed E-state index contributed by atoms with van der Waals surface area (Å²) >= 11 is 3.50. The SMILES string of the molecule is O=C(NC1CCN(CCc2ccc(Br)cc2)C1)C12CC3CC(CC(C3)C1)C2. The number of hydrogen-bond acceptors (Lipinski definition) is 2. The van der Waals surface area contributed by atoms with Crippen LogP contribution in [0.25, 0.3) is 0 Å². The number of likely N-dealkylation sites (tertiary alicyclic amines) is 1. The summed E-state index contributed by atoms with van der Waals surface area (Å²) in [7, 11) is 0. The topological polar surface area (TPSA) is 32.3 Å². The molecule has 1 aromatic rings. The van der Waals surface area contributed by atoms with E-state index in [0.717, 1.165) is 54.7 Å². The molecular formula is C23H31BrN2O. The minimum atomic E-state index is -0.000402. The lowest BCUT2D eigenvalue weighted by Gasteiger charge is -2.55. The molecule has 1 heterocycles. The Labute approximate surface area is 171 Å². The summed E-state index contributed by atoms with van der Waals surface area (Å²) in [5.74, 6) is 2.93. The lowest BCUT2D eigenvalue weighted by atomic mass is 9.49. The third kappa shape index (κ3) is 3.72. The number of nitrogens with zero attached hydrogens (tertiary/aromatic N) is 1. The van der Waals surface area contributed by atoms with Gasteiger partial charge < -0.3 is 10.2 Å². The Morgan fingerprint density at radius 1 is 1.07 bits per heavy atom.